The van der Waals surface area contributed by atoms with Gasteiger partial charge in [0.15, 0.2) is 5.13 Å². The lowest BCUT2D eigenvalue weighted by atomic mass is 10.2. The minimum Gasteiger partial charge on any atom is -0.399 e. The smallest absolute Gasteiger partial charge is 0.230 e. The van der Waals surface area contributed by atoms with Crippen LogP contribution in [-0.4, -0.2) is 10.9 Å². The number of nitrogens with one attached hydrogen (secondary N) is 1. The van der Waals surface area contributed by atoms with Gasteiger partial charge in [0.25, 0.3) is 0 Å². The Labute approximate surface area is 102 Å². The molecule has 1 aromatic carbocycles. The van der Waals surface area contributed by atoms with Crippen LogP contribution in [0.4, 0.5) is 16.5 Å². The van der Waals surface area contributed by atoms with E-state index in [1.54, 1.807) is 29.6 Å². The maximum absolute atomic E-state index is 11.7. The van der Waals surface area contributed by atoms with Crippen molar-refractivity contribution in [1.29, 1.82) is 0 Å². The Kier molecular flexibility index (Phi) is 3.24. The molecule has 0 unspecified atom stereocenters. The van der Waals surface area contributed by atoms with Gasteiger partial charge in [-0.3, -0.25) is 4.79 Å². The summed E-state index contributed by atoms with van der Waals surface area (Å²) in [6.45, 7) is 0. The van der Waals surface area contributed by atoms with Crippen LogP contribution < -0.4 is 16.8 Å². The van der Waals surface area contributed by atoms with Gasteiger partial charge in [-0.2, -0.15) is 0 Å². The Balaban J connectivity index is 1.95. The molecule has 88 valence electrons. The van der Waals surface area contributed by atoms with Gasteiger partial charge in [0.1, 0.15) is 0 Å². The Morgan fingerprint density at radius 3 is 2.59 bits per heavy atom. The van der Waals surface area contributed by atoms with E-state index in [0.717, 1.165) is 0 Å². The molecule has 1 heterocycles. The van der Waals surface area contributed by atoms with Crippen LogP contribution in [0.1, 0.15) is 5.69 Å². The molecule has 0 spiro atoms. The van der Waals surface area contributed by atoms with Crippen LogP contribution in [0.3, 0.4) is 0 Å². The molecule has 1 aromatic heterocycles. The summed E-state index contributed by atoms with van der Waals surface area (Å²) in [5, 5.41) is 5.00. The number of nitrogens with two attached hydrogens (primary N) is 2. The fourth-order valence-electron chi connectivity index (χ4n) is 1.34. The molecule has 0 fully saturated rings. The van der Waals surface area contributed by atoms with Gasteiger partial charge in [-0.25, -0.2) is 4.98 Å². The topological polar surface area (TPSA) is 94.0 Å². The van der Waals surface area contributed by atoms with Crippen molar-refractivity contribution >= 4 is 33.8 Å². The lowest BCUT2D eigenvalue weighted by Gasteiger charge is -2.03. The molecule has 6 heteroatoms. The lowest BCUT2D eigenvalue weighted by Crippen LogP contribution is -2.14. The third-order valence-corrected chi connectivity index (χ3v) is 2.83. The molecule has 1 amide bonds. The summed E-state index contributed by atoms with van der Waals surface area (Å²) in [5.41, 5.74) is 13.1. The molecule has 0 aliphatic carbocycles. The zero-order chi connectivity index (χ0) is 12.3. The van der Waals surface area contributed by atoms with E-state index in [1.807, 2.05) is 0 Å². The summed E-state index contributed by atoms with van der Waals surface area (Å²) < 4.78 is 0. The van der Waals surface area contributed by atoms with E-state index in [1.165, 1.54) is 11.3 Å². The minimum absolute atomic E-state index is 0.125. The predicted octanol–water partition coefficient (Wildman–Crippen LogP) is 1.49. The molecule has 0 bridgehead atoms. The Bertz CT molecular complexity index is 521. The van der Waals surface area contributed by atoms with Crippen LogP contribution in [0.25, 0.3) is 0 Å². The van der Waals surface area contributed by atoms with Gasteiger partial charge in [0.05, 0.1) is 12.1 Å². The van der Waals surface area contributed by atoms with Crippen molar-refractivity contribution in [2.75, 3.05) is 16.8 Å². The first-order chi connectivity index (χ1) is 8.13. The Morgan fingerprint density at radius 1 is 1.29 bits per heavy atom. The minimum atomic E-state index is -0.125. The van der Waals surface area contributed by atoms with E-state index in [9.17, 15) is 4.79 Å². The summed E-state index contributed by atoms with van der Waals surface area (Å²) in [6, 6.07) is 6.97. The molecule has 2 aromatic rings. The predicted molar refractivity (Wildman–Crippen MR) is 69.7 cm³/mol. The van der Waals surface area contributed by atoms with Gasteiger partial charge in [0.2, 0.25) is 5.91 Å². The lowest BCUT2D eigenvalue weighted by molar-refractivity contribution is -0.115. The number of hydrogen-bond donors (Lipinski definition) is 3. The van der Waals surface area contributed by atoms with Crippen LogP contribution in [0, 0.1) is 0 Å². The fraction of sp³-hybridized carbons (Fsp3) is 0.0909. The van der Waals surface area contributed by atoms with E-state index in [4.69, 9.17) is 11.5 Å². The molecule has 5 nitrogen and oxygen atoms in total. The van der Waals surface area contributed by atoms with Crippen LogP contribution in [0.5, 0.6) is 0 Å². The number of nitrogens with zero attached hydrogens (tertiary/aromatic N) is 1. The molecule has 0 aliphatic heterocycles. The highest BCUT2D eigenvalue weighted by Gasteiger charge is 2.06. The second kappa shape index (κ2) is 4.84. The van der Waals surface area contributed by atoms with E-state index in [0.29, 0.717) is 22.2 Å². The number of nitrogen functional groups attached to an aromatic ring is 2. The average Bonchev–Trinajstić information content (AvgIpc) is 2.67. The first-order valence-electron chi connectivity index (χ1n) is 4.99. The zero-order valence-electron chi connectivity index (χ0n) is 9.01. The zero-order valence-corrected chi connectivity index (χ0v) is 9.83. The van der Waals surface area contributed by atoms with Gasteiger partial charge in [-0.15, -0.1) is 11.3 Å². The molecule has 0 saturated heterocycles. The van der Waals surface area contributed by atoms with Crippen molar-refractivity contribution in [3.63, 3.8) is 0 Å². The monoisotopic (exact) mass is 248 g/mol. The Morgan fingerprint density at radius 2 is 2.00 bits per heavy atom. The fourth-order valence-corrected chi connectivity index (χ4v) is 1.90. The van der Waals surface area contributed by atoms with Crippen molar-refractivity contribution < 1.29 is 4.79 Å². The van der Waals surface area contributed by atoms with Crippen LogP contribution in [0.2, 0.25) is 0 Å². The summed E-state index contributed by atoms with van der Waals surface area (Å²) in [7, 11) is 0. The van der Waals surface area contributed by atoms with Crippen LogP contribution in [-0.2, 0) is 11.2 Å². The third kappa shape index (κ3) is 3.18. The van der Waals surface area contributed by atoms with E-state index >= 15 is 0 Å². The molecule has 5 N–H and O–H groups in total. The summed E-state index contributed by atoms with van der Waals surface area (Å²) in [6.07, 6.45) is 0.220. The standard InChI is InChI=1S/C11H12N4OS/c12-7-1-3-8(4-2-7)14-10(16)5-9-6-17-11(13)15-9/h1-4,6H,5,12H2,(H2,13,15)(H,14,16). The van der Waals surface area contributed by atoms with Gasteiger partial charge in [-0.1, -0.05) is 0 Å². The summed E-state index contributed by atoms with van der Waals surface area (Å²) >= 11 is 1.32. The average molecular weight is 248 g/mol. The van der Waals surface area contributed by atoms with Crippen molar-refractivity contribution in [2.45, 2.75) is 6.42 Å². The second-order valence-corrected chi connectivity index (χ2v) is 4.41. The number of thiazole rings is 1. The number of carbonyl (C=O) groups excluding carboxylic acids is 1. The number of aromatic nitrogens is 1. The SMILES string of the molecule is Nc1ccc(NC(=O)Cc2csc(N)n2)cc1. The number of anilines is 3. The van der Waals surface area contributed by atoms with Crippen molar-refractivity contribution in [2.24, 2.45) is 0 Å². The first kappa shape index (κ1) is 11.4. The highest BCUT2D eigenvalue weighted by molar-refractivity contribution is 7.13. The second-order valence-electron chi connectivity index (χ2n) is 3.52. The normalized spacial score (nSPS) is 10.1. The van der Waals surface area contributed by atoms with Gasteiger partial charge in [-0.05, 0) is 24.3 Å². The molecule has 0 aliphatic rings. The van der Waals surface area contributed by atoms with Crippen molar-refractivity contribution in [1.82, 2.24) is 4.98 Å². The summed E-state index contributed by atoms with van der Waals surface area (Å²) in [5.74, 6) is -0.125. The van der Waals surface area contributed by atoms with E-state index in [2.05, 4.69) is 10.3 Å². The van der Waals surface area contributed by atoms with Crippen LogP contribution >= 0.6 is 11.3 Å². The molecule has 0 radical (unpaired) electrons. The van der Waals surface area contributed by atoms with Gasteiger partial charge in [0, 0.05) is 16.8 Å². The number of benzene rings is 1. The van der Waals surface area contributed by atoms with E-state index in [-0.39, 0.29) is 12.3 Å². The van der Waals surface area contributed by atoms with E-state index < -0.39 is 0 Å². The molecule has 2 rings (SSSR count). The number of hydrogen-bond acceptors (Lipinski definition) is 5. The molecule has 0 saturated carbocycles. The molecule has 17 heavy (non-hydrogen) atoms. The van der Waals surface area contributed by atoms with Crippen molar-refractivity contribution in [3.05, 3.63) is 35.3 Å². The number of carbonyl (C=O) groups is 1. The third-order valence-electron chi connectivity index (χ3n) is 2.11. The highest BCUT2D eigenvalue weighted by Crippen LogP contribution is 2.13. The number of rotatable bonds is 3. The highest BCUT2D eigenvalue weighted by atomic mass is 32.1. The van der Waals surface area contributed by atoms with Crippen LogP contribution in [0.15, 0.2) is 29.6 Å². The maximum atomic E-state index is 11.7. The largest absolute Gasteiger partial charge is 0.399 e. The van der Waals surface area contributed by atoms with Crippen molar-refractivity contribution in [3.8, 4) is 0 Å². The van der Waals surface area contributed by atoms with Gasteiger partial charge >= 0.3 is 0 Å². The quantitative estimate of drug-likeness (QED) is 0.717. The van der Waals surface area contributed by atoms with Gasteiger partial charge < -0.3 is 16.8 Å². The summed E-state index contributed by atoms with van der Waals surface area (Å²) in [4.78, 5) is 15.7. The molecular weight excluding hydrogens is 236 g/mol. The molecular formula is C11H12N4OS. The molecule has 0 atom stereocenters. The first-order valence-corrected chi connectivity index (χ1v) is 5.87. The Hall–Kier alpha value is -2.08. The number of amides is 1. The maximum Gasteiger partial charge on any atom is 0.230 e.